The Morgan fingerprint density at radius 3 is 2.57 bits per heavy atom. The third-order valence-electron chi connectivity index (χ3n) is 6.76. The molecule has 1 fully saturated rings. The smallest absolute Gasteiger partial charge is 0.397 e. The van der Waals surface area contributed by atoms with Gasteiger partial charge in [0.15, 0.2) is 17.0 Å². The molecule has 3 aromatic rings. The number of rotatable bonds is 4. The summed E-state index contributed by atoms with van der Waals surface area (Å²) in [6.45, 7) is 4.68. The normalized spacial score (nSPS) is 22.5. The number of benzene rings is 1. The fourth-order valence-corrected chi connectivity index (χ4v) is 4.87. The predicted octanol–water partition coefficient (Wildman–Crippen LogP) is 4.70. The monoisotopic (exact) mass is 493 g/mol. The first-order valence-corrected chi connectivity index (χ1v) is 10.4. The topological polar surface area (TPSA) is 98.1 Å². The number of carbonyl (C=O) groups is 1. The van der Waals surface area contributed by atoms with Crippen LogP contribution in [-0.2, 0) is 0 Å². The number of ether oxygens (including phenoxy) is 1. The number of primary amides is 1. The number of nitrogens with zero attached hydrogens (tertiary/aromatic N) is 1. The van der Waals surface area contributed by atoms with Crippen LogP contribution in [0.15, 0.2) is 47.4 Å². The third-order valence-corrected chi connectivity index (χ3v) is 6.76. The van der Waals surface area contributed by atoms with Crippen molar-refractivity contribution in [3.05, 3.63) is 81.4 Å². The fourth-order valence-electron chi connectivity index (χ4n) is 4.87. The van der Waals surface area contributed by atoms with Crippen molar-refractivity contribution in [1.82, 2.24) is 9.97 Å². The Balaban J connectivity index is 1.99. The number of halogens is 5. The summed E-state index contributed by atoms with van der Waals surface area (Å²) in [7, 11) is 1.08. The van der Waals surface area contributed by atoms with Crippen LogP contribution in [0, 0.1) is 17.0 Å². The van der Waals surface area contributed by atoms with Crippen molar-refractivity contribution in [1.29, 1.82) is 0 Å². The van der Waals surface area contributed by atoms with Crippen LogP contribution in [0.5, 0.6) is 5.75 Å². The first-order valence-electron chi connectivity index (χ1n) is 10.4. The molecule has 0 unspecified atom stereocenters. The van der Waals surface area contributed by atoms with Crippen LogP contribution in [0.3, 0.4) is 0 Å². The minimum absolute atomic E-state index is 0.0390. The number of hydrogen-bond acceptors (Lipinski definition) is 4. The summed E-state index contributed by atoms with van der Waals surface area (Å²) in [5.74, 6) is -6.29. The summed E-state index contributed by atoms with van der Waals surface area (Å²) in [5, 5.41) is -0.110. The molecule has 2 aromatic heterocycles. The predicted molar refractivity (Wildman–Crippen MR) is 117 cm³/mol. The number of aromatic nitrogens is 2. The number of aromatic amines is 1. The molecule has 1 saturated carbocycles. The number of hydrogen-bond donors (Lipinski definition) is 2. The minimum Gasteiger partial charge on any atom is -0.493 e. The van der Waals surface area contributed by atoms with Crippen molar-refractivity contribution in [2.24, 2.45) is 11.1 Å². The molecule has 1 aromatic carbocycles. The summed E-state index contributed by atoms with van der Waals surface area (Å²) in [5.41, 5.74) is 1.83. The molecule has 0 bridgehead atoms. The maximum Gasteiger partial charge on any atom is 0.397 e. The van der Waals surface area contributed by atoms with E-state index in [2.05, 4.69) is 16.5 Å². The van der Waals surface area contributed by atoms with Gasteiger partial charge in [-0.05, 0) is 25.5 Å². The van der Waals surface area contributed by atoms with E-state index in [9.17, 15) is 31.5 Å². The fraction of sp³-hybridized carbons (Fsp3) is 0.292. The Hall–Kier alpha value is -3.76. The summed E-state index contributed by atoms with van der Waals surface area (Å²) < 4.78 is 76.1. The number of nitrogens with two attached hydrogens (primary N) is 1. The molecule has 0 radical (unpaired) electrons. The second-order valence-corrected chi connectivity index (χ2v) is 8.66. The van der Waals surface area contributed by atoms with Crippen molar-refractivity contribution < 1.29 is 31.5 Å². The molecule has 11 heteroatoms. The molecular weight excluding hydrogens is 473 g/mol. The van der Waals surface area contributed by atoms with Crippen molar-refractivity contribution >= 4 is 16.8 Å². The summed E-state index contributed by atoms with van der Waals surface area (Å²) in [6.07, 6.45) is -4.02. The molecular formula is C24H20F5N3O3. The van der Waals surface area contributed by atoms with Gasteiger partial charge >= 0.3 is 6.18 Å². The molecule has 0 aliphatic heterocycles. The van der Waals surface area contributed by atoms with Crippen LogP contribution in [0.4, 0.5) is 22.0 Å². The van der Waals surface area contributed by atoms with E-state index in [0.29, 0.717) is 0 Å². The Morgan fingerprint density at radius 2 is 1.97 bits per heavy atom. The van der Waals surface area contributed by atoms with Crippen LogP contribution in [-0.4, -0.2) is 29.2 Å². The first kappa shape index (κ1) is 24.4. The molecule has 3 atom stereocenters. The zero-order valence-electron chi connectivity index (χ0n) is 18.6. The number of allylic oxidation sites excluding steroid dienone is 1. The van der Waals surface area contributed by atoms with Crippen molar-refractivity contribution in [2.45, 2.75) is 31.4 Å². The van der Waals surface area contributed by atoms with Crippen LogP contribution in [0.2, 0.25) is 0 Å². The van der Waals surface area contributed by atoms with Gasteiger partial charge in [-0.2, -0.15) is 17.6 Å². The highest BCUT2D eigenvalue weighted by Gasteiger charge is 2.61. The quantitative estimate of drug-likeness (QED) is 0.407. The summed E-state index contributed by atoms with van der Waals surface area (Å²) in [4.78, 5) is 31.4. The van der Waals surface area contributed by atoms with E-state index < -0.39 is 58.6 Å². The highest BCUT2D eigenvalue weighted by Crippen LogP contribution is 2.64. The Bertz CT molecular complexity index is 1430. The zero-order chi connectivity index (χ0) is 25.9. The standard InChI is InChI=1S/C24H20F5N3O3/c1-10-17(11-4-5-13(25)19(26)21(11)35-3)12(9-23(10,2)24(27,28)29)15-8-16(33)18-14(32-15)6-7-31-20(18)22(30)34/h4-8,12,17H,1,9H2,2-3H3,(H2,30,34)(H,32,33)/t12-,17-,23+/m1/s1. The molecule has 1 aliphatic rings. The lowest BCUT2D eigenvalue weighted by Crippen LogP contribution is -2.34. The van der Waals surface area contributed by atoms with Crippen LogP contribution in [0.25, 0.3) is 10.9 Å². The molecule has 1 amide bonds. The molecule has 1 aliphatic carbocycles. The Morgan fingerprint density at radius 1 is 1.29 bits per heavy atom. The average Bonchev–Trinajstić information content (AvgIpc) is 3.06. The lowest BCUT2D eigenvalue weighted by molar-refractivity contribution is -0.202. The van der Waals surface area contributed by atoms with E-state index in [1.165, 1.54) is 12.3 Å². The van der Waals surface area contributed by atoms with Gasteiger partial charge in [-0.15, -0.1) is 0 Å². The van der Waals surface area contributed by atoms with Gasteiger partial charge in [-0.25, -0.2) is 4.39 Å². The number of amides is 1. The lowest BCUT2D eigenvalue weighted by Gasteiger charge is -2.30. The first-order chi connectivity index (χ1) is 16.3. The van der Waals surface area contributed by atoms with Gasteiger partial charge in [0.25, 0.3) is 5.91 Å². The number of carbonyl (C=O) groups excluding carboxylic acids is 1. The van der Waals surface area contributed by atoms with Crippen molar-refractivity contribution in [3.63, 3.8) is 0 Å². The summed E-state index contributed by atoms with van der Waals surface area (Å²) >= 11 is 0. The Kier molecular flexibility index (Phi) is 5.69. The minimum atomic E-state index is -4.72. The van der Waals surface area contributed by atoms with E-state index in [1.54, 1.807) is 0 Å². The van der Waals surface area contributed by atoms with Gasteiger partial charge in [0, 0.05) is 35.4 Å². The molecule has 35 heavy (non-hydrogen) atoms. The second-order valence-electron chi connectivity index (χ2n) is 8.66. The van der Waals surface area contributed by atoms with Crippen molar-refractivity contribution in [2.75, 3.05) is 7.11 Å². The zero-order valence-corrected chi connectivity index (χ0v) is 18.6. The van der Waals surface area contributed by atoms with Gasteiger partial charge in [0.05, 0.1) is 23.4 Å². The molecule has 3 N–H and O–H groups in total. The third kappa shape index (κ3) is 3.65. The number of pyridine rings is 2. The number of fused-ring (bicyclic) bond motifs is 1. The average molecular weight is 493 g/mol. The number of nitrogens with one attached hydrogen (secondary N) is 1. The Labute approximate surface area is 195 Å². The van der Waals surface area contributed by atoms with Crippen LogP contribution < -0.4 is 15.9 Å². The van der Waals surface area contributed by atoms with E-state index >= 15 is 0 Å². The van der Waals surface area contributed by atoms with Crippen LogP contribution >= 0.6 is 0 Å². The summed E-state index contributed by atoms with van der Waals surface area (Å²) in [6, 6.07) is 4.40. The molecule has 0 spiro atoms. The van der Waals surface area contributed by atoms with Gasteiger partial charge in [0.2, 0.25) is 5.82 Å². The molecule has 2 heterocycles. The number of H-pyrrole nitrogens is 1. The van der Waals surface area contributed by atoms with E-state index in [4.69, 9.17) is 10.5 Å². The van der Waals surface area contributed by atoms with E-state index in [1.807, 2.05) is 0 Å². The van der Waals surface area contributed by atoms with Crippen molar-refractivity contribution in [3.8, 4) is 5.75 Å². The maximum atomic E-state index is 14.5. The lowest BCUT2D eigenvalue weighted by atomic mass is 9.80. The van der Waals surface area contributed by atoms with Gasteiger partial charge in [-0.3, -0.25) is 14.6 Å². The van der Waals surface area contributed by atoms with Gasteiger partial charge in [-0.1, -0.05) is 18.2 Å². The molecule has 184 valence electrons. The SMILES string of the molecule is C=C1[C@H](c2ccc(F)c(F)c2OC)[C@@H](c2cc(=O)c3c(C(N)=O)nccc3[nH]2)C[C@]1(C)C(F)(F)F. The molecule has 0 saturated heterocycles. The van der Waals surface area contributed by atoms with Gasteiger partial charge in [0.1, 0.15) is 5.69 Å². The largest absolute Gasteiger partial charge is 0.493 e. The highest BCUT2D eigenvalue weighted by molar-refractivity contribution is 6.03. The maximum absolute atomic E-state index is 14.5. The number of methoxy groups -OCH3 is 1. The van der Waals surface area contributed by atoms with E-state index in [-0.39, 0.29) is 33.4 Å². The van der Waals surface area contributed by atoms with Crippen LogP contribution in [0.1, 0.15) is 46.9 Å². The molecule has 6 nitrogen and oxygen atoms in total. The highest BCUT2D eigenvalue weighted by atomic mass is 19.4. The second kappa shape index (κ2) is 8.17. The van der Waals surface area contributed by atoms with E-state index in [0.717, 1.165) is 32.2 Å². The number of alkyl halides is 3. The molecule has 4 rings (SSSR count). The van der Waals surface area contributed by atoms with Gasteiger partial charge < -0.3 is 15.5 Å².